The fourth-order valence-electron chi connectivity index (χ4n) is 2.46. The van der Waals surface area contributed by atoms with Crippen LogP contribution in [-0.4, -0.2) is 18.1 Å². The van der Waals surface area contributed by atoms with E-state index in [1.54, 1.807) is 6.07 Å². The van der Waals surface area contributed by atoms with Crippen molar-refractivity contribution in [3.8, 4) is 0 Å². The van der Waals surface area contributed by atoms with E-state index in [1.807, 2.05) is 12.1 Å². The molecule has 17 heavy (non-hydrogen) atoms. The Kier molecular flexibility index (Phi) is 4.41. The highest BCUT2D eigenvalue weighted by Gasteiger charge is 2.26. The third kappa shape index (κ3) is 3.20. The lowest BCUT2D eigenvalue weighted by Crippen LogP contribution is -2.15. The second kappa shape index (κ2) is 5.83. The normalized spacial score (nSPS) is 26.1. The van der Waals surface area contributed by atoms with Crippen molar-refractivity contribution in [2.45, 2.75) is 44.3 Å². The molecule has 1 aliphatic heterocycles. The van der Waals surface area contributed by atoms with Gasteiger partial charge in [-0.15, -0.1) is 11.6 Å². The van der Waals surface area contributed by atoms with Crippen LogP contribution in [0.3, 0.4) is 0 Å². The third-order valence-corrected chi connectivity index (χ3v) is 3.77. The molecule has 3 heteroatoms. The van der Waals surface area contributed by atoms with Crippen LogP contribution in [0.25, 0.3) is 0 Å². The van der Waals surface area contributed by atoms with E-state index in [4.69, 9.17) is 16.3 Å². The number of halogens is 2. The Morgan fingerprint density at radius 3 is 2.76 bits per heavy atom. The molecule has 0 aromatic heterocycles. The zero-order chi connectivity index (χ0) is 12.3. The van der Waals surface area contributed by atoms with Gasteiger partial charge in [0, 0.05) is 11.8 Å². The molecule has 1 aromatic carbocycles. The first kappa shape index (κ1) is 12.8. The summed E-state index contributed by atoms with van der Waals surface area (Å²) >= 11 is 5.97. The molecular weight excluding hydrogens is 239 g/mol. The number of hydrogen-bond acceptors (Lipinski definition) is 1. The average Bonchev–Trinajstić information content (AvgIpc) is 2.73. The topological polar surface area (TPSA) is 9.23 Å². The van der Waals surface area contributed by atoms with Gasteiger partial charge in [0.2, 0.25) is 0 Å². The van der Waals surface area contributed by atoms with Crippen molar-refractivity contribution in [1.82, 2.24) is 0 Å². The van der Waals surface area contributed by atoms with Gasteiger partial charge in [0.15, 0.2) is 0 Å². The third-order valence-electron chi connectivity index (χ3n) is 3.40. The molecule has 1 aliphatic rings. The second-order valence-electron chi connectivity index (χ2n) is 4.75. The lowest BCUT2D eigenvalue weighted by Gasteiger charge is -2.19. The van der Waals surface area contributed by atoms with Crippen LogP contribution in [0.1, 0.15) is 37.7 Å². The van der Waals surface area contributed by atoms with Crippen molar-refractivity contribution in [1.29, 1.82) is 0 Å². The fourth-order valence-corrected chi connectivity index (χ4v) is 2.75. The molecular formula is C14H18ClFO. The molecule has 0 amide bonds. The highest BCUT2D eigenvalue weighted by atomic mass is 35.5. The van der Waals surface area contributed by atoms with Gasteiger partial charge in [-0.2, -0.15) is 0 Å². The minimum atomic E-state index is -0.163. The predicted octanol–water partition coefficient (Wildman–Crippen LogP) is 4.11. The van der Waals surface area contributed by atoms with Gasteiger partial charge in [-0.3, -0.25) is 0 Å². The van der Waals surface area contributed by atoms with E-state index in [0.29, 0.717) is 17.5 Å². The minimum absolute atomic E-state index is 0.0492. The average molecular weight is 257 g/mol. The Hall–Kier alpha value is -0.600. The van der Waals surface area contributed by atoms with Crippen molar-refractivity contribution >= 4 is 11.6 Å². The van der Waals surface area contributed by atoms with Gasteiger partial charge in [0.25, 0.3) is 0 Å². The first-order chi connectivity index (χ1) is 8.20. The molecule has 0 aliphatic carbocycles. The lowest BCUT2D eigenvalue weighted by atomic mass is 9.93. The van der Waals surface area contributed by atoms with Gasteiger partial charge in [0.1, 0.15) is 5.82 Å². The van der Waals surface area contributed by atoms with Crippen LogP contribution in [0.15, 0.2) is 24.3 Å². The summed E-state index contributed by atoms with van der Waals surface area (Å²) in [5, 5.41) is 0. The zero-order valence-corrected chi connectivity index (χ0v) is 10.8. The number of rotatable bonds is 4. The predicted molar refractivity (Wildman–Crippen MR) is 68.0 cm³/mol. The number of hydrogen-bond donors (Lipinski definition) is 0. The number of ether oxygens (including phenoxy) is 1. The van der Waals surface area contributed by atoms with Gasteiger partial charge in [-0.1, -0.05) is 18.2 Å². The van der Waals surface area contributed by atoms with Crippen molar-refractivity contribution in [3.63, 3.8) is 0 Å². The summed E-state index contributed by atoms with van der Waals surface area (Å²) in [6.45, 7) is 2.08. The summed E-state index contributed by atoms with van der Waals surface area (Å²) in [5.41, 5.74) is 0.714. The van der Waals surface area contributed by atoms with Crippen LogP contribution < -0.4 is 0 Å². The molecule has 1 saturated heterocycles. The molecule has 0 saturated carbocycles. The Balaban J connectivity index is 2.04. The van der Waals surface area contributed by atoms with E-state index in [-0.39, 0.29) is 17.8 Å². The van der Waals surface area contributed by atoms with Gasteiger partial charge >= 0.3 is 0 Å². The molecule has 1 aromatic rings. The Bertz CT molecular complexity index is 369. The molecule has 0 N–H and O–H groups in total. The fraction of sp³-hybridized carbons (Fsp3) is 0.571. The van der Waals surface area contributed by atoms with E-state index in [0.717, 1.165) is 19.3 Å². The quantitative estimate of drug-likeness (QED) is 0.737. The monoisotopic (exact) mass is 256 g/mol. The zero-order valence-electron chi connectivity index (χ0n) is 10.0. The molecule has 1 heterocycles. The van der Waals surface area contributed by atoms with Crippen LogP contribution >= 0.6 is 11.6 Å². The maximum atomic E-state index is 13.7. The van der Waals surface area contributed by atoms with Gasteiger partial charge < -0.3 is 4.74 Å². The minimum Gasteiger partial charge on any atom is -0.375 e. The number of alkyl halides is 1. The van der Waals surface area contributed by atoms with Crippen molar-refractivity contribution in [2.24, 2.45) is 0 Å². The molecule has 3 atom stereocenters. The molecule has 94 valence electrons. The Morgan fingerprint density at radius 2 is 2.18 bits per heavy atom. The molecule has 1 nitrogen and oxygen atoms in total. The molecule has 0 radical (unpaired) electrons. The maximum Gasteiger partial charge on any atom is 0.126 e. The molecule has 0 bridgehead atoms. The summed E-state index contributed by atoms with van der Waals surface area (Å²) in [6, 6.07) is 6.88. The highest BCUT2D eigenvalue weighted by molar-refractivity contribution is 6.18. The van der Waals surface area contributed by atoms with Crippen LogP contribution in [0.2, 0.25) is 0 Å². The first-order valence-corrected chi connectivity index (χ1v) is 6.70. The highest BCUT2D eigenvalue weighted by Crippen LogP contribution is 2.31. The van der Waals surface area contributed by atoms with Crippen molar-refractivity contribution in [3.05, 3.63) is 35.6 Å². The maximum absolute atomic E-state index is 13.7. The van der Waals surface area contributed by atoms with E-state index in [9.17, 15) is 4.39 Å². The van der Waals surface area contributed by atoms with E-state index >= 15 is 0 Å². The van der Waals surface area contributed by atoms with E-state index in [1.165, 1.54) is 6.07 Å². The lowest BCUT2D eigenvalue weighted by molar-refractivity contribution is 0.0476. The largest absolute Gasteiger partial charge is 0.375 e. The van der Waals surface area contributed by atoms with Crippen molar-refractivity contribution < 1.29 is 9.13 Å². The van der Waals surface area contributed by atoms with Crippen LogP contribution in [0.5, 0.6) is 0 Å². The summed E-state index contributed by atoms with van der Waals surface area (Å²) in [6.07, 6.45) is 3.53. The summed E-state index contributed by atoms with van der Waals surface area (Å²) < 4.78 is 19.5. The van der Waals surface area contributed by atoms with E-state index in [2.05, 4.69) is 6.92 Å². The Morgan fingerprint density at radius 1 is 1.41 bits per heavy atom. The standard InChI is InChI=1S/C14H18ClFO/c1-10-6-7-12(17-10)8-11(9-15)13-4-2-3-5-14(13)16/h2-5,10-12H,6-9H2,1H3. The van der Waals surface area contributed by atoms with E-state index < -0.39 is 0 Å². The van der Waals surface area contributed by atoms with Gasteiger partial charge in [-0.05, 0) is 37.8 Å². The van der Waals surface area contributed by atoms with Crippen LogP contribution in [0, 0.1) is 5.82 Å². The molecule has 2 rings (SSSR count). The first-order valence-electron chi connectivity index (χ1n) is 6.16. The molecule has 3 unspecified atom stereocenters. The van der Waals surface area contributed by atoms with Crippen LogP contribution in [0.4, 0.5) is 4.39 Å². The van der Waals surface area contributed by atoms with Crippen LogP contribution in [-0.2, 0) is 4.74 Å². The van der Waals surface area contributed by atoms with Gasteiger partial charge in [-0.25, -0.2) is 4.39 Å². The smallest absolute Gasteiger partial charge is 0.126 e. The second-order valence-corrected chi connectivity index (χ2v) is 5.06. The molecule has 1 fully saturated rings. The number of benzene rings is 1. The molecule has 0 spiro atoms. The SMILES string of the molecule is CC1CCC(CC(CCl)c2ccccc2F)O1. The van der Waals surface area contributed by atoms with Crippen molar-refractivity contribution in [2.75, 3.05) is 5.88 Å². The summed E-state index contributed by atoms with van der Waals surface area (Å²) in [4.78, 5) is 0. The summed E-state index contributed by atoms with van der Waals surface area (Å²) in [7, 11) is 0. The summed E-state index contributed by atoms with van der Waals surface area (Å²) in [5.74, 6) is 0.326. The Labute approximate surface area is 107 Å². The van der Waals surface area contributed by atoms with Gasteiger partial charge in [0.05, 0.1) is 12.2 Å².